The Bertz CT molecular complexity index is 544. The molecule has 2 nitrogen and oxygen atoms in total. The fourth-order valence-electron chi connectivity index (χ4n) is 2.33. The van der Waals surface area contributed by atoms with Gasteiger partial charge in [-0.2, -0.15) is 0 Å². The minimum absolute atomic E-state index is 0.893. The predicted molar refractivity (Wildman–Crippen MR) is 74.3 cm³/mol. The van der Waals surface area contributed by atoms with Crippen molar-refractivity contribution < 1.29 is 0 Å². The molecule has 0 aliphatic carbocycles. The van der Waals surface area contributed by atoms with E-state index in [1.165, 1.54) is 5.56 Å². The third-order valence-corrected chi connectivity index (χ3v) is 3.35. The Hall–Kier alpha value is -1.57. The smallest absolute Gasteiger partial charge is 0.0758 e. The van der Waals surface area contributed by atoms with E-state index in [-0.39, 0.29) is 0 Å². The second-order valence-corrected chi connectivity index (χ2v) is 4.51. The molecule has 0 amide bonds. The summed E-state index contributed by atoms with van der Waals surface area (Å²) < 4.78 is 0. The van der Waals surface area contributed by atoms with Gasteiger partial charge in [0.15, 0.2) is 0 Å². The van der Waals surface area contributed by atoms with Gasteiger partial charge in [0, 0.05) is 16.8 Å². The molecule has 0 saturated heterocycles. The van der Waals surface area contributed by atoms with Crippen LogP contribution in [0.4, 0.5) is 5.69 Å². The average Bonchev–Trinajstić information content (AvgIpc) is 2.34. The standard InChI is InChI=1S/C15H20N2/c1-4-7-11-8-6-9-12-14(16)10(3)13(5-2)17-15(11)12/h6,8-9H,4-5,7H2,1-3H3,(H2,16,17). The zero-order valence-electron chi connectivity index (χ0n) is 10.9. The van der Waals surface area contributed by atoms with Gasteiger partial charge in [0.1, 0.15) is 0 Å². The van der Waals surface area contributed by atoms with Crippen LogP contribution in [0.25, 0.3) is 10.9 Å². The van der Waals surface area contributed by atoms with Gasteiger partial charge in [0.05, 0.1) is 5.52 Å². The Balaban J connectivity index is 2.77. The molecule has 0 spiro atoms. The van der Waals surface area contributed by atoms with Crippen molar-refractivity contribution in [2.75, 3.05) is 5.73 Å². The summed E-state index contributed by atoms with van der Waals surface area (Å²) in [5.41, 5.74) is 11.8. The largest absolute Gasteiger partial charge is 0.398 e. The summed E-state index contributed by atoms with van der Waals surface area (Å²) in [5.74, 6) is 0. The number of benzene rings is 1. The van der Waals surface area contributed by atoms with E-state index < -0.39 is 0 Å². The quantitative estimate of drug-likeness (QED) is 0.871. The molecule has 2 rings (SSSR count). The predicted octanol–water partition coefficient (Wildman–Crippen LogP) is 3.64. The van der Waals surface area contributed by atoms with Crippen LogP contribution in [0.15, 0.2) is 18.2 Å². The monoisotopic (exact) mass is 228 g/mol. The van der Waals surface area contributed by atoms with Crippen LogP contribution in [0.1, 0.15) is 37.1 Å². The lowest BCUT2D eigenvalue weighted by atomic mass is 10.0. The van der Waals surface area contributed by atoms with Gasteiger partial charge in [0.25, 0.3) is 0 Å². The lowest BCUT2D eigenvalue weighted by Gasteiger charge is -2.12. The Morgan fingerprint density at radius 1 is 1.24 bits per heavy atom. The number of nitrogens with zero attached hydrogens (tertiary/aromatic N) is 1. The number of nitrogen functional groups attached to an aromatic ring is 1. The van der Waals surface area contributed by atoms with E-state index in [0.29, 0.717) is 0 Å². The van der Waals surface area contributed by atoms with E-state index in [1.807, 2.05) is 0 Å². The maximum atomic E-state index is 6.22. The highest BCUT2D eigenvalue weighted by molar-refractivity contribution is 5.94. The number of anilines is 1. The maximum absolute atomic E-state index is 6.22. The third kappa shape index (κ3) is 1.99. The molecule has 2 heteroatoms. The Morgan fingerprint density at radius 3 is 2.65 bits per heavy atom. The third-order valence-electron chi connectivity index (χ3n) is 3.35. The fourth-order valence-corrected chi connectivity index (χ4v) is 2.33. The SMILES string of the molecule is CCCc1cccc2c(N)c(C)c(CC)nc12. The highest BCUT2D eigenvalue weighted by Gasteiger charge is 2.10. The van der Waals surface area contributed by atoms with Crippen LogP contribution in [0.5, 0.6) is 0 Å². The van der Waals surface area contributed by atoms with E-state index in [2.05, 4.69) is 39.0 Å². The molecule has 0 aliphatic rings. The van der Waals surface area contributed by atoms with Gasteiger partial charge in [0.2, 0.25) is 0 Å². The number of para-hydroxylation sites is 1. The Kier molecular flexibility index (Phi) is 3.32. The Labute approximate surface area is 103 Å². The summed E-state index contributed by atoms with van der Waals surface area (Å²) in [4.78, 5) is 4.79. The van der Waals surface area contributed by atoms with E-state index >= 15 is 0 Å². The van der Waals surface area contributed by atoms with Crippen molar-refractivity contribution >= 4 is 16.6 Å². The zero-order valence-corrected chi connectivity index (χ0v) is 10.9. The molecule has 0 radical (unpaired) electrons. The lowest BCUT2D eigenvalue weighted by molar-refractivity contribution is 0.922. The molecule has 0 fully saturated rings. The normalized spacial score (nSPS) is 11.0. The number of fused-ring (bicyclic) bond motifs is 1. The molecule has 2 aromatic rings. The molecule has 2 N–H and O–H groups in total. The summed E-state index contributed by atoms with van der Waals surface area (Å²) in [5, 5.41) is 1.10. The van der Waals surface area contributed by atoms with Crippen LogP contribution in [0, 0.1) is 6.92 Å². The molecule has 1 heterocycles. The second kappa shape index (κ2) is 4.74. The first-order valence-corrected chi connectivity index (χ1v) is 6.35. The number of nitrogens with two attached hydrogens (primary N) is 1. The highest BCUT2D eigenvalue weighted by atomic mass is 14.7. The molecule has 0 bridgehead atoms. The van der Waals surface area contributed by atoms with E-state index in [9.17, 15) is 0 Å². The van der Waals surface area contributed by atoms with Crippen LogP contribution >= 0.6 is 0 Å². The summed E-state index contributed by atoms with van der Waals surface area (Å²) in [7, 11) is 0. The number of hydrogen-bond acceptors (Lipinski definition) is 2. The van der Waals surface area contributed by atoms with Gasteiger partial charge in [-0.3, -0.25) is 4.98 Å². The number of pyridine rings is 1. The summed E-state index contributed by atoms with van der Waals surface area (Å²) in [6.45, 7) is 6.38. The first-order valence-electron chi connectivity index (χ1n) is 6.35. The molecule has 0 atom stereocenters. The van der Waals surface area contributed by atoms with Gasteiger partial charge in [-0.25, -0.2) is 0 Å². The number of aromatic nitrogens is 1. The highest BCUT2D eigenvalue weighted by Crippen LogP contribution is 2.28. The molecular formula is C15H20N2. The number of aryl methyl sites for hydroxylation is 2. The zero-order chi connectivity index (χ0) is 12.4. The van der Waals surface area contributed by atoms with Crippen LogP contribution in [0.3, 0.4) is 0 Å². The van der Waals surface area contributed by atoms with Crippen molar-refractivity contribution in [2.45, 2.75) is 40.0 Å². The van der Waals surface area contributed by atoms with Gasteiger partial charge in [-0.1, -0.05) is 38.5 Å². The van der Waals surface area contributed by atoms with Gasteiger partial charge < -0.3 is 5.73 Å². The number of hydrogen-bond donors (Lipinski definition) is 1. The van der Waals surface area contributed by atoms with Crippen molar-refractivity contribution in [3.05, 3.63) is 35.0 Å². The van der Waals surface area contributed by atoms with Crippen LogP contribution in [-0.4, -0.2) is 4.98 Å². The average molecular weight is 228 g/mol. The molecule has 90 valence electrons. The second-order valence-electron chi connectivity index (χ2n) is 4.51. The van der Waals surface area contributed by atoms with Crippen LogP contribution < -0.4 is 5.73 Å². The molecule has 0 unspecified atom stereocenters. The molecular weight excluding hydrogens is 208 g/mol. The van der Waals surface area contributed by atoms with Crippen molar-refractivity contribution in [1.82, 2.24) is 4.98 Å². The van der Waals surface area contributed by atoms with Crippen molar-refractivity contribution in [3.8, 4) is 0 Å². The maximum Gasteiger partial charge on any atom is 0.0758 e. The number of rotatable bonds is 3. The molecule has 0 aliphatic heterocycles. The summed E-state index contributed by atoms with van der Waals surface area (Å²) in [6.07, 6.45) is 3.14. The summed E-state index contributed by atoms with van der Waals surface area (Å²) in [6, 6.07) is 6.31. The molecule has 1 aromatic carbocycles. The first-order chi connectivity index (χ1) is 8.19. The van der Waals surface area contributed by atoms with E-state index in [1.54, 1.807) is 0 Å². The fraction of sp³-hybridized carbons (Fsp3) is 0.400. The van der Waals surface area contributed by atoms with E-state index in [4.69, 9.17) is 10.7 Å². The van der Waals surface area contributed by atoms with Crippen molar-refractivity contribution in [1.29, 1.82) is 0 Å². The first kappa shape index (κ1) is 11.9. The van der Waals surface area contributed by atoms with Crippen molar-refractivity contribution in [3.63, 3.8) is 0 Å². The van der Waals surface area contributed by atoms with E-state index in [0.717, 1.165) is 47.1 Å². The van der Waals surface area contributed by atoms with Gasteiger partial charge in [-0.05, 0) is 30.9 Å². The topological polar surface area (TPSA) is 38.9 Å². The van der Waals surface area contributed by atoms with Crippen LogP contribution in [-0.2, 0) is 12.8 Å². The molecule has 1 aromatic heterocycles. The van der Waals surface area contributed by atoms with Crippen molar-refractivity contribution in [2.24, 2.45) is 0 Å². The molecule has 0 saturated carbocycles. The Morgan fingerprint density at radius 2 is 2.00 bits per heavy atom. The minimum atomic E-state index is 0.893. The minimum Gasteiger partial charge on any atom is -0.398 e. The van der Waals surface area contributed by atoms with Gasteiger partial charge >= 0.3 is 0 Å². The molecule has 17 heavy (non-hydrogen) atoms. The van der Waals surface area contributed by atoms with Crippen LogP contribution in [0.2, 0.25) is 0 Å². The summed E-state index contributed by atoms with van der Waals surface area (Å²) >= 11 is 0. The van der Waals surface area contributed by atoms with Gasteiger partial charge in [-0.15, -0.1) is 0 Å². The lowest BCUT2D eigenvalue weighted by Crippen LogP contribution is -2.02.